The van der Waals surface area contributed by atoms with E-state index in [1.807, 2.05) is 0 Å². The Kier molecular flexibility index (Phi) is 2.01. The van der Waals surface area contributed by atoms with E-state index in [0.717, 1.165) is 65.1 Å². The molecule has 0 N–H and O–H groups in total. The van der Waals surface area contributed by atoms with Gasteiger partial charge in [0, 0.05) is 0 Å². The highest BCUT2D eigenvalue weighted by atomic mass is 14.8. The molecule has 1 heteroatoms. The van der Waals surface area contributed by atoms with Crippen molar-refractivity contribution < 1.29 is 0 Å². The lowest BCUT2D eigenvalue weighted by molar-refractivity contribution is 0.0126. The molecule has 0 spiro atoms. The number of allylic oxidation sites excluding steroid dienone is 2. The van der Waals surface area contributed by atoms with Crippen molar-refractivity contribution >= 4 is 0 Å². The Morgan fingerprint density at radius 2 is 1.48 bits per heavy atom. The molecule has 110 valence electrons. The van der Waals surface area contributed by atoms with Gasteiger partial charge in [-0.15, -0.1) is 0 Å². The quantitative estimate of drug-likeness (QED) is 0.523. The van der Waals surface area contributed by atoms with Crippen LogP contribution in [0, 0.1) is 82.3 Å². The summed E-state index contributed by atoms with van der Waals surface area (Å²) in [7, 11) is 0. The van der Waals surface area contributed by atoms with Crippen LogP contribution < -0.4 is 0 Å². The van der Waals surface area contributed by atoms with Crippen molar-refractivity contribution in [3.05, 3.63) is 12.2 Å². The third-order valence-electron chi connectivity index (χ3n) is 9.18. The number of nitrogens with zero attached hydrogens (tertiary/aromatic N) is 1. The van der Waals surface area contributed by atoms with Crippen molar-refractivity contribution in [1.29, 1.82) is 5.26 Å². The van der Waals surface area contributed by atoms with Gasteiger partial charge in [0.05, 0.1) is 12.0 Å². The highest BCUT2D eigenvalue weighted by Crippen LogP contribution is 2.77. The Hall–Kier alpha value is -0.770. The van der Waals surface area contributed by atoms with Crippen molar-refractivity contribution in [2.75, 3.05) is 0 Å². The van der Waals surface area contributed by atoms with E-state index in [4.69, 9.17) is 0 Å². The van der Waals surface area contributed by atoms with Gasteiger partial charge in [-0.2, -0.15) is 5.26 Å². The van der Waals surface area contributed by atoms with Gasteiger partial charge >= 0.3 is 0 Å². The molecular formula is C20H25N. The summed E-state index contributed by atoms with van der Waals surface area (Å²) >= 11 is 0. The van der Waals surface area contributed by atoms with Crippen LogP contribution in [0.25, 0.3) is 0 Å². The first kappa shape index (κ1) is 11.8. The van der Waals surface area contributed by atoms with Crippen LogP contribution in [0.4, 0.5) is 0 Å². The summed E-state index contributed by atoms with van der Waals surface area (Å²) in [5, 5.41) is 9.71. The third kappa shape index (κ3) is 1.09. The molecule has 6 aliphatic carbocycles. The predicted molar refractivity (Wildman–Crippen MR) is 80.8 cm³/mol. The van der Waals surface area contributed by atoms with E-state index < -0.39 is 0 Å². The van der Waals surface area contributed by atoms with Crippen LogP contribution >= 0.6 is 0 Å². The fraction of sp³-hybridized carbons (Fsp3) is 0.850. The average Bonchev–Trinajstić information content (AvgIpc) is 3.30. The molecule has 21 heavy (non-hydrogen) atoms. The summed E-state index contributed by atoms with van der Waals surface area (Å²) in [6.07, 6.45) is 10.8. The topological polar surface area (TPSA) is 23.8 Å². The van der Waals surface area contributed by atoms with Crippen molar-refractivity contribution in [3.63, 3.8) is 0 Å². The Morgan fingerprint density at radius 3 is 2.10 bits per heavy atom. The fourth-order valence-corrected chi connectivity index (χ4v) is 9.14. The zero-order valence-electron chi connectivity index (χ0n) is 12.9. The van der Waals surface area contributed by atoms with Gasteiger partial charge in [-0.1, -0.05) is 25.5 Å². The molecule has 1 nitrogen and oxygen atoms in total. The van der Waals surface area contributed by atoms with Gasteiger partial charge in [0.2, 0.25) is 0 Å². The summed E-state index contributed by atoms with van der Waals surface area (Å²) in [4.78, 5) is 0. The molecule has 0 radical (unpaired) electrons. The first-order chi connectivity index (χ1) is 10.3. The summed E-state index contributed by atoms with van der Waals surface area (Å²) in [6.45, 7) is 2.33. The normalized spacial score (nSPS) is 67.6. The molecule has 0 aliphatic heterocycles. The summed E-state index contributed by atoms with van der Waals surface area (Å²) in [6, 6.07) is 2.75. The highest BCUT2D eigenvalue weighted by Gasteiger charge is 2.72. The zero-order chi connectivity index (χ0) is 13.9. The standard InChI is InChI=1S/C20H25N/c1-2-11-12-6-13(16(11)8-21)20-15-7-14(19(12)20)17-9-3-4-10(5-9)18(15)17/h3-4,9-20H,2,5-7H2,1H3. The molecule has 6 rings (SSSR count). The first-order valence-corrected chi connectivity index (χ1v) is 9.41. The molecule has 5 fully saturated rings. The fourth-order valence-electron chi connectivity index (χ4n) is 9.14. The van der Waals surface area contributed by atoms with Crippen LogP contribution in [-0.2, 0) is 0 Å². The summed E-state index contributed by atoms with van der Waals surface area (Å²) < 4.78 is 0. The first-order valence-electron chi connectivity index (χ1n) is 9.41. The van der Waals surface area contributed by atoms with E-state index in [9.17, 15) is 5.26 Å². The smallest absolute Gasteiger partial charge is 0.0661 e. The van der Waals surface area contributed by atoms with E-state index in [2.05, 4.69) is 25.1 Å². The second-order valence-electron chi connectivity index (χ2n) is 9.11. The van der Waals surface area contributed by atoms with Crippen LogP contribution in [-0.4, -0.2) is 0 Å². The van der Waals surface area contributed by atoms with Gasteiger partial charge < -0.3 is 0 Å². The van der Waals surface area contributed by atoms with Gasteiger partial charge in [0.1, 0.15) is 0 Å². The molecule has 0 saturated heterocycles. The second-order valence-corrected chi connectivity index (χ2v) is 9.11. The average molecular weight is 279 g/mol. The lowest BCUT2D eigenvalue weighted by atomic mass is 9.57. The molecule has 6 aliphatic rings. The maximum Gasteiger partial charge on any atom is 0.0661 e. The molecule has 12 unspecified atom stereocenters. The largest absolute Gasteiger partial charge is 0.198 e. The van der Waals surface area contributed by atoms with Crippen LogP contribution in [0.1, 0.15) is 32.6 Å². The number of hydrogen-bond acceptors (Lipinski definition) is 1. The molecule has 12 atom stereocenters. The Balaban J connectivity index is 1.42. The van der Waals surface area contributed by atoms with Crippen molar-refractivity contribution in [2.24, 2.45) is 71.0 Å². The molecule has 0 aromatic carbocycles. The van der Waals surface area contributed by atoms with Crippen molar-refractivity contribution in [2.45, 2.75) is 32.6 Å². The Morgan fingerprint density at radius 1 is 0.857 bits per heavy atom. The summed E-state index contributed by atoms with van der Waals surface area (Å²) in [5.74, 6) is 10.9. The number of fused-ring (bicyclic) bond motifs is 16. The van der Waals surface area contributed by atoms with E-state index in [0.29, 0.717) is 5.92 Å². The van der Waals surface area contributed by atoms with E-state index in [1.54, 1.807) is 6.42 Å². The molecule has 6 bridgehead atoms. The van der Waals surface area contributed by atoms with Gasteiger partial charge in [0.25, 0.3) is 0 Å². The molecule has 5 saturated carbocycles. The Labute approximate surface area is 127 Å². The third-order valence-corrected chi connectivity index (χ3v) is 9.18. The van der Waals surface area contributed by atoms with Gasteiger partial charge in [0.15, 0.2) is 0 Å². The predicted octanol–water partition coefficient (Wildman–Crippen LogP) is 4.12. The minimum absolute atomic E-state index is 0.410. The van der Waals surface area contributed by atoms with Crippen molar-refractivity contribution in [3.8, 4) is 6.07 Å². The number of hydrogen-bond donors (Lipinski definition) is 0. The van der Waals surface area contributed by atoms with Crippen LogP contribution in [0.15, 0.2) is 12.2 Å². The van der Waals surface area contributed by atoms with Crippen LogP contribution in [0.5, 0.6) is 0 Å². The Bertz CT molecular complexity index is 571. The lowest BCUT2D eigenvalue weighted by Gasteiger charge is -2.47. The van der Waals surface area contributed by atoms with E-state index in [-0.39, 0.29) is 0 Å². The monoisotopic (exact) mass is 279 g/mol. The van der Waals surface area contributed by atoms with Gasteiger partial charge in [-0.05, 0) is 84.4 Å². The SMILES string of the molecule is CCC1C(C#N)C2CC1C1C3CC(C4C5C=CC(C5)C34)C21. The van der Waals surface area contributed by atoms with Crippen LogP contribution in [0.3, 0.4) is 0 Å². The van der Waals surface area contributed by atoms with E-state index >= 15 is 0 Å². The highest BCUT2D eigenvalue weighted by molar-refractivity contribution is 5.26. The molecular weight excluding hydrogens is 254 g/mol. The summed E-state index contributed by atoms with van der Waals surface area (Å²) in [5.41, 5.74) is 0. The minimum Gasteiger partial charge on any atom is -0.198 e. The lowest BCUT2D eigenvalue weighted by Crippen LogP contribution is -2.44. The maximum atomic E-state index is 9.71. The maximum absolute atomic E-state index is 9.71. The molecule has 0 aromatic rings. The minimum atomic E-state index is 0.410. The molecule has 0 amide bonds. The molecule has 0 heterocycles. The zero-order valence-corrected chi connectivity index (χ0v) is 12.9. The second kappa shape index (κ2) is 3.58. The molecule has 0 aromatic heterocycles. The number of nitriles is 1. The number of rotatable bonds is 1. The van der Waals surface area contributed by atoms with E-state index in [1.165, 1.54) is 19.3 Å². The van der Waals surface area contributed by atoms with Crippen molar-refractivity contribution in [1.82, 2.24) is 0 Å². The van der Waals surface area contributed by atoms with Crippen LogP contribution in [0.2, 0.25) is 0 Å². The van der Waals surface area contributed by atoms with Gasteiger partial charge in [-0.25, -0.2) is 0 Å². The van der Waals surface area contributed by atoms with Gasteiger partial charge in [-0.3, -0.25) is 0 Å².